The van der Waals surface area contributed by atoms with Crippen LogP contribution >= 0.6 is 0 Å². The molecule has 5 amide bonds. The van der Waals surface area contributed by atoms with Crippen molar-refractivity contribution in [1.29, 1.82) is 0 Å². The summed E-state index contributed by atoms with van der Waals surface area (Å²) in [7, 11) is 0. The van der Waals surface area contributed by atoms with Crippen molar-refractivity contribution in [3.05, 3.63) is 0 Å². The van der Waals surface area contributed by atoms with Gasteiger partial charge in [-0.1, -0.05) is 12.8 Å². The number of carbonyl (C=O) groups excluding carboxylic acids is 4. The first-order valence-corrected chi connectivity index (χ1v) is 6.96. The standard InChI is InChI=1S/C13H17N3O4/c17-9-7-13(3-1-2-4-13)11(19)16(9)8-10(18)15-6-5-14-12(15)20/h1-8H2,(H,14,20). The monoisotopic (exact) mass is 279 g/mol. The highest BCUT2D eigenvalue weighted by Crippen LogP contribution is 2.46. The topological polar surface area (TPSA) is 86.8 Å². The van der Waals surface area contributed by atoms with Gasteiger partial charge in [0.05, 0.1) is 5.41 Å². The lowest BCUT2D eigenvalue weighted by atomic mass is 9.84. The zero-order valence-electron chi connectivity index (χ0n) is 11.2. The van der Waals surface area contributed by atoms with E-state index in [-0.39, 0.29) is 24.8 Å². The molecule has 0 unspecified atom stereocenters. The molecule has 2 aliphatic heterocycles. The maximum Gasteiger partial charge on any atom is 0.324 e. The Labute approximate surface area is 116 Å². The van der Waals surface area contributed by atoms with Crippen LogP contribution in [0.5, 0.6) is 0 Å². The minimum Gasteiger partial charge on any atom is -0.336 e. The molecule has 1 aliphatic carbocycles. The molecule has 2 saturated heterocycles. The molecule has 0 bridgehead atoms. The summed E-state index contributed by atoms with van der Waals surface area (Å²) in [6, 6.07) is -0.454. The molecule has 7 heteroatoms. The van der Waals surface area contributed by atoms with Gasteiger partial charge in [-0.15, -0.1) is 0 Å². The lowest BCUT2D eigenvalue weighted by Crippen LogP contribution is -2.45. The van der Waals surface area contributed by atoms with Crippen molar-refractivity contribution >= 4 is 23.8 Å². The summed E-state index contributed by atoms with van der Waals surface area (Å²) >= 11 is 0. The Balaban J connectivity index is 1.71. The van der Waals surface area contributed by atoms with Gasteiger partial charge in [0.25, 0.3) is 5.91 Å². The Kier molecular flexibility index (Phi) is 2.99. The molecular weight excluding hydrogens is 262 g/mol. The number of hydrogen-bond donors (Lipinski definition) is 1. The van der Waals surface area contributed by atoms with E-state index in [0.717, 1.165) is 35.5 Å². The Morgan fingerprint density at radius 1 is 1.20 bits per heavy atom. The predicted molar refractivity (Wildman–Crippen MR) is 67.3 cm³/mol. The van der Waals surface area contributed by atoms with Crippen molar-refractivity contribution in [2.45, 2.75) is 32.1 Å². The van der Waals surface area contributed by atoms with Crippen LogP contribution in [0.1, 0.15) is 32.1 Å². The van der Waals surface area contributed by atoms with E-state index >= 15 is 0 Å². The number of nitrogens with one attached hydrogen (secondary N) is 1. The van der Waals surface area contributed by atoms with Crippen LogP contribution < -0.4 is 5.32 Å². The number of hydrogen-bond acceptors (Lipinski definition) is 4. The molecule has 0 aromatic carbocycles. The molecule has 0 atom stereocenters. The molecule has 1 spiro atoms. The number of carbonyl (C=O) groups is 4. The van der Waals surface area contributed by atoms with Gasteiger partial charge in [-0.05, 0) is 12.8 Å². The summed E-state index contributed by atoms with van der Waals surface area (Å²) in [5.41, 5.74) is -0.565. The second-order valence-corrected chi connectivity index (χ2v) is 5.73. The number of rotatable bonds is 2. The van der Waals surface area contributed by atoms with Crippen molar-refractivity contribution < 1.29 is 19.2 Å². The normalized spacial score (nSPS) is 24.9. The van der Waals surface area contributed by atoms with Crippen molar-refractivity contribution in [1.82, 2.24) is 15.1 Å². The molecule has 3 rings (SSSR count). The van der Waals surface area contributed by atoms with E-state index in [9.17, 15) is 19.2 Å². The molecule has 3 fully saturated rings. The van der Waals surface area contributed by atoms with Crippen LogP contribution in [0, 0.1) is 5.41 Å². The van der Waals surface area contributed by atoms with E-state index in [2.05, 4.69) is 5.32 Å². The van der Waals surface area contributed by atoms with Crippen molar-refractivity contribution in [2.24, 2.45) is 5.41 Å². The third-order valence-electron chi connectivity index (χ3n) is 4.50. The fourth-order valence-electron chi connectivity index (χ4n) is 3.39. The summed E-state index contributed by atoms with van der Waals surface area (Å²) < 4.78 is 0. The zero-order valence-corrected chi connectivity index (χ0v) is 11.2. The van der Waals surface area contributed by atoms with E-state index in [4.69, 9.17) is 0 Å². The van der Waals surface area contributed by atoms with Crippen LogP contribution in [0.4, 0.5) is 4.79 Å². The van der Waals surface area contributed by atoms with Gasteiger partial charge in [-0.3, -0.25) is 24.2 Å². The zero-order chi connectivity index (χ0) is 14.3. The van der Waals surface area contributed by atoms with E-state index < -0.39 is 17.4 Å². The molecular formula is C13H17N3O4. The van der Waals surface area contributed by atoms with Crippen LogP contribution in [-0.2, 0) is 14.4 Å². The van der Waals surface area contributed by atoms with Gasteiger partial charge in [-0.2, -0.15) is 0 Å². The van der Waals surface area contributed by atoms with Gasteiger partial charge in [-0.25, -0.2) is 4.79 Å². The van der Waals surface area contributed by atoms with E-state index in [1.807, 2.05) is 0 Å². The molecule has 20 heavy (non-hydrogen) atoms. The molecule has 7 nitrogen and oxygen atoms in total. The fraction of sp³-hybridized carbons (Fsp3) is 0.692. The van der Waals surface area contributed by atoms with Gasteiger partial charge < -0.3 is 5.32 Å². The molecule has 0 radical (unpaired) electrons. The first-order valence-electron chi connectivity index (χ1n) is 6.96. The number of imide groups is 2. The highest BCUT2D eigenvalue weighted by atomic mass is 16.2. The third-order valence-corrected chi connectivity index (χ3v) is 4.50. The number of nitrogens with zero attached hydrogens (tertiary/aromatic N) is 2. The minimum absolute atomic E-state index is 0.214. The van der Waals surface area contributed by atoms with Crippen LogP contribution in [0.2, 0.25) is 0 Å². The second kappa shape index (κ2) is 4.57. The highest BCUT2D eigenvalue weighted by Gasteiger charge is 2.53. The quantitative estimate of drug-likeness (QED) is 0.713. The Bertz CT molecular complexity index is 496. The lowest BCUT2D eigenvalue weighted by Gasteiger charge is -2.21. The van der Waals surface area contributed by atoms with E-state index in [1.165, 1.54) is 0 Å². The van der Waals surface area contributed by atoms with Crippen LogP contribution in [0.3, 0.4) is 0 Å². The van der Waals surface area contributed by atoms with Gasteiger partial charge in [0.15, 0.2) is 0 Å². The first kappa shape index (κ1) is 13.1. The summed E-state index contributed by atoms with van der Waals surface area (Å²) in [6.07, 6.45) is 3.58. The summed E-state index contributed by atoms with van der Waals surface area (Å²) in [6.45, 7) is 0.391. The van der Waals surface area contributed by atoms with Crippen LogP contribution in [0.15, 0.2) is 0 Å². The maximum atomic E-state index is 12.4. The lowest BCUT2D eigenvalue weighted by molar-refractivity contribution is -0.146. The van der Waals surface area contributed by atoms with Crippen molar-refractivity contribution in [3.63, 3.8) is 0 Å². The first-order chi connectivity index (χ1) is 9.53. The summed E-state index contributed by atoms with van der Waals surface area (Å²) in [4.78, 5) is 49.9. The van der Waals surface area contributed by atoms with Gasteiger partial charge >= 0.3 is 6.03 Å². The second-order valence-electron chi connectivity index (χ2n) is 5.73. The fourth-order valence-corrected chi connectivity index (χ4v) is 3.39. The largest absolute Gasteiger partial charge is 0.336 e. The number of urea groups is 1. The van der Waals surface area contributed by atoms with Gasteiger partial charge in [0.1, 0.15) is 6.54 Å². The maximum absolute atomic E-state index is 12.4. The molecule has 0 aromatic heterocycles. The molecule has 0 aromatic rings. The SMILES string of the molecule is O=C(CN1C(=O)CC2(CCCC2)C1=O)N1CCNC1=O. The van der Waals surface area contributed by atoms with Gasteiger partial charge in [0, 0.05) is 19.5 Å². The Hall–Kier alpha value is -1.92. The predicted octanol–water partition coefficient (Wildman–Crippen LogP) is -0.142. The number of amides is 5. The van der Waals surface area contributed by atoms with Crippen LogP contribution in [-0.4, -0.2) is 53.2 Å². The summed E-state index contributed by atoms with van der Waals surface area (Å²) in [5, 5.41) is 2.52. The average Bonchev–Trinajstić information content (AvgIpc) is 3.08. The van der Waals surface area contributed by atoms with Gasteiger partial charge in [0.2, 0.25) is 11.8 Å². The van der Waals surface area contributed by atoms with E-state index in [0.29, 0.717) is 13.1 Å². The number of likely N-dealkylation sites (tertiary alicyclic amines) is 1. The highest BCUT2D eigenvalue weighted by molar-refractivity contribution is 6.09. The van der Waals surface area contributed by atoms with E-state index in [1.54, 1.807) is 0 Å². The molecule has 1 N–H and O–H groups in total. The minimum atomic E-state index is -0.565. The third kappa shape index (κ3) is 1.88. The average molecular weight is 279 g/mol. The Morgan fingerprint density at radius 2 is 1.90 bits per heavy atom. The summed E-state index contributed by atoms with van der Waals surface area (Å²) in [5.74, 6) is -1.01. The Morgan fingerprint density at radius 3 is 2.50 bits per heavy atom. The smallest absolute Gasteiger partial charge is 0.324 e. The van der Waals surface area contributed by atoms with Crippen molar-refractivity contribution in [2.75, 3.05) is 19.6 Å². The van der Waals surface area contributed by atoms with Crippen LogP contribution in [0.25, 0.3) is 0 Å². The molecule has 108 valence electrons. The van der Waals surface area contributed by atoms with Crippen molar-refractivity contribution in [3.8, 4) is 0 Å². The molecule has 3 aliphatic rings. The molecule has 2 heterocycles. The molecule has 1 saturated carbocycles.